The molecule has 0 saturated heterocycles. The Morgan fingerprint density at radius 2 is 1.71 bits per heavy atom. The highest BCUT2D eigenvalue weighted by Gasteiger charge is 2.33. The fraction of sp³-hybridized carbons (Fsp3) is 0.500. The van der Waals surface area contributed by atoms with E-state index in [1.54, 1.807) is 26.4 Å². The molecule has 4 nitrogen and oxygen atoms in total. The van der Waals surface area contributed by atoms with Gasteiger partial charge in [-0.15, -0.1) is 12.4 Å². The Kier molecular flexibility index (Phi) is 4.48. The number of rotatable bonds is 4. The number of ether oxygens (including phenoxy) is 2. The molecular formula is C12H18ClNO3. The Labute approximate surface area is 107 Å². The minimum atomic E-state index is -0.0782. The van der Waals surface area contributed by atoms with Crippen molar-refractivity contribution in [2.24, 2.45) is 11.7 Å². The maximum absolute atomic E-state index is 9.52. The minimum absolute atomic E-state index is 0. The number of hydrogen-bond donors (Lipinski definition) is 2. The molecule has 5 heteroatoms. The zero-order chi connectivity index (χ0) is 11.7. The average molecular weight is 260 g/mol. The second-order valence-electron chi connectivity index (χ2n) is 4.13. The van der Waals surface area contributed by atoms with Gasteiger partial charge in [0.15, 0.2) is 0 Å². The number of hydrogen-bond acceptors (Lipinski definition) is 4. The molecule has 0 unspecified atom stereocenters. The van der Waals surface area contributed by atoms with Crippen LogP contribution in [0.15, 0.2) is 12.1 Å². The first-order valence-corrected chi connectivity index (χ1v) is 5.37. The fourth-order valence-corrected chi connectivity index (χ4v) is 1.94. The third kappa shape index (κ3) is 2.76. The predicted molar refractivity (Wildman–Crippen MR) is 68.1 cm³/mol. The molecule has 1 fully saturated rings. The number of methoxy groups -OCH3 is 2. The summed E-state index contributed by atoms with van der Waals surface area (Å²) in [4.78, 5) is 0. The number of phenolic OH excluding ortho intramolecular Hbond substituents is 1. The maximum Gasteiger partial charge on any atom is 0.131 e. The summed E-state index contributed by atoms with van der Waals surface area (Å²) >= 11 is 0. The zero-order valence-electron chi connectivity index (χ0n) is 9.97. The maximum atomic E-state index is 9.52. The number of nitrogens with two attached hydrogens (primary N) is 1. The van der Waals surface area contributed by atoms with Gasteiger partial charge in [0, 0.05) is 18.2 Å². The van der Waals surface area contributed by atoms with Crippen molar-refractivity contribution >= 4 is 12.4 Å². The van der Waals surface area contributed by atoms with E-state index in [1.807, 2.05) is 0 Å². The molecule has 1 saturated carbocycles. The molecule has 0 radical (unpaired) electrons. The number of phenols is 1. The standard InChI is InChI=1S/C12H17NO3.ClH/c1-15-9-5-8(14)6-10(16-2)11(9)12(13)7-3-4-7;/h5-7,12,14H,3-4,13H2,1-2H3;1H/t12-;/m0./s1. The van der Waals surface area contributed by atoms with Crippen LogP contribution in [-0.4, -0.2) is 19.3 Å². The summed E-state index contributed by atoms with van der Waals surface area (Å²) in [6.45, 7) is 0. The van der Waals surface area contributed by atoms with E-state index in [0.717, 1.165) is 18.4 Å². The first-order chi connectivity index (χ1) is 7.67. The Balaban J connectivity index is 0.00000144. The van der Waals surface area contributed by atoms with E-state index in [9.17, 15) is 5.11 Å². The summed E-state index contributed by atoms with van der Waals surface area (Å²) in [6, 6.07) is 3.06. The van der Waals surface area contributed by atoms with Gasteiger partial charge in [0.2, 0.25) is 0 Å². The lowest BCUT2D eigenvalue weighted by molar-refractivity contribution is 0.367. The molecule has 3 N–H and O–H groups in total. The Morgan fingerprint density at radius 3 is 2.06 bits per heavy atom. The summed E-state index contributed by atoms with van der Waals surface area (Å²) in [6.07, 6.45) is 2.29. The van der Waals surface area contributed by atoms with Gasteiger partial charge in [-0.3, -0.25) is 0 Å². The highest BCUT2D eigenvalue weighted by molar-refractivity contribution is 5.85. The lowest BCUT2D eigenvalue weighted by Gasteiger charge is -2.18. The average Bonchev–Trinajstić information content (AvgIpc) is 3.10. The Hall–Kier alpha value is -1.13. The van der Waals surface area contributed by atoms with Gasteiger partial charge in [0.25, 0.3) is 0 Å². The summed E-state index contributed by atoms with van der Waals surface area (Å²) in [5, 5.41) is 9.52. The number of aromatic hydroxyl groups is 1. The lowest BCUT2D eigenvalue weighted by atomic mass is 10.0. The SMILES string of the molecule is COc1cc(O)cc(OC)c1[C@@H](N)C1CC1.Cl. The van der Waals surface area contributed by atoms with E-state index in [4.69, 9.17) is 15.2 Å². The molecule has 0 bridgehead atoms. The summed E-state index contributed by atoms with van der Waals surface area (Å²) in [7, 11) is 3.13. The van der Waals surface area contributed by atoms with Crippen LogP contribution >= 0.6 is 12.4 Å². The molecule has 2 rings (SSSR count). The van der Waals surface area contributed by atoms with Crippen LogP contribution in [0, 0.1) is 5.92 Å². The molecule has 0 aliphatic heterocycles. The number of benzene rings is 1. The molecule has 1 atom stereocenters. The van der Waals surface area contributed by atoms with Crippen molar-refractivity contribution in [3.8, 4) is 17.2 Å². The summed E-state index contributed by atoms with van der Waals surface area (Å²) < 4.78 is 10.5. The van der Waals surface area contributed by atoms with Gasteiger partial charge in [-0.25, -0.2) is 0 Å². The van der Waals surface area contributed by atoms with Gasteiger partial charge in [0.05, 0.1) is 19.8 Å². The smallest absolute Gasteiger partial charge is 0.131 e. The van der Waals surface area contributed by atoms with Crippen molar-refractivity contribution in [3.63, 3.8) is 0 Å². The van der Waals surface area contributed by atoms with E-state index in [2.05, 4.69) is 0 Å². The van der Waals surface area contributed by atoms with E-state index < -0.39 is 0 Å². The monoisotopic (exact) mass is 259 g/mol. The molecular weight excluding hydrogens is 242 g/mol. The highest BCUT2D eigenvalue weighted by Crippen LogP contribution is 2.46. The van der Waals surface area contributed by atoms with E-state index in [1.165, 1.54) is 0 Å². The van der Waals surface area contributed by atoms with Crippen LogP contribution in [0.3, 0.4) is 0 Å². The predicted octanol–water partition coefficient (Wildman–Crippen LogP) is 2.24. The molecule has 1 aromatic rings. The lowest BCUT2D eigenvalue weighted by Crippen LogP contribution is -2.14. The van der Waals surface area contributed by atoms with Crippen molar-refractivity contribution in [2.45, 2.75) is 18.9 Å². The molecule has 1 aliphatic carbocycles. The molecule has 0 heterocycles. The molecule has 0 spiro atoms. The van der Waals surface area contributed by atoms with Gasteiger partial charge in [0.1, 0.15) is 17.2 Å². The van der Waals surface area contributed by atoms with Crippen LogP contribution in [-0.2, 0) is 0 Å². The van der Waals surface area contributed by atoms with Crippen LogP contribution in [0.5, 0.6) is 17.2 Å². The van der Waals surface area contributed by atoms with Crippen molar-refractivity contribution in [2.75, 3.05) is 14.2 Å². The third-order valence-electron chi connectivity index (χ3n) is 2.99. The summed E-state index contributed by atoms with van der Waals surface area (Å²) in [5.74, 6) is 1.82. The quantitative estimate of drug-likeness (QED) is 0.870. The van der Waals surface area contributed by atoms with Crippen LogP contribution < -0.4 is 15.2 Å². The molecule has 1 aromatic carbocycles. The third-order valence-corrected chi connectivity index (χ3v) is 2.99. The second kappa shape index (κ2) is 5.47. The van der Waals surface area contributed by atoms with E-state index in [-0.39, 0.29) is 24.2 Å². The second-order valence-corrected chi connectivity index (χ2v) is 4.13. The first kappa shape index (κ1) is 13.9. The normalized spacial score (nSPS) is 15.9. The van der Waals surface area contributed by atoms with Crippen molar-refractivity contribution in [1.82, 2.24) is 0 Å². The van der Waals surface area contributed by atoms with Crippen LogP contribution in [0.2, 0.25) is 0 Å². The highest BCUT2D eigenvalue weighted by atomic mass is 35.5. The molecule has 0 aromatic heterocycles. The van der Waals surface area contributed by atoms with Crippen molar-refractivity contribution in [1.29, 1.82) is 0 Å². The summed E-state index contributed by atoms with van der Waals surface area (Å²) in [5.41, 5.74) is 7.01. The van der Waals surface area contributed by atoms with Crippen LogP contribution in [0.4, 0.5) is 0 Å². The van der Waals surface area contributed by atoms with Gasteiger partial charge in [-0.2, -0.15) is 0 Å². The van der Waals surface area contributed by atoms with Crippen LogP contribution in [0.25, 0.3) is 0 Å². The van der Waals surface area contributed by atoms with E-state index in [0.29, 0.717) is 17.4 Å². The largest absolute Gasteiger partial charge is 0.508 e. The first-order valence-electron chi connectivity index (χ1n) is 5.37. The van der Waals surface area contributed by atoms with Gasteiger partial charge in [-0.1, -0.05) is 0 Å². The van der Waals surface area contributed by atoms with Crippen molar-refractivity contribution in [3.05, 3.63) is 17.7 Å². The Bertz CT molecular complexity index is 368. The number of halogens is 1. The molecule has 96 valence electrons. The Morgan fingerprint density at radius 1 is 1.24 bits per heavy atom. The van der Waals surface area contributed by atoms with Gasteiger partial charge < -0.3 is 20.3 Å². The van der Waals surface area contributed by atoms with E-state index >= 15 is 0 Å². The molecule has 0 amide bonds. The zero-order valence-corrected chi connectivity index (χ0v) is 10.8. The van der Waals surface area contributed by atoms with Gasteiger partial charge in [-0.05, 0) is 18.8 Å². The van der Waals surface area contributed by atoms with Crippen molar-refractivity contribution < 1.29 is 14.6 Å². The minimum Gasteiger partial charge on any atom is -0.508 e. The molecule has 17 heavy (non-hydrogen) atoms. The molecule has 1 aliphatic rings. The van der Waals surface area contributed by atoms with Gasteiger partial charge >= 0.3 is 0 Å². The fourth-order valence-electron chi connectivity index (χ4n) is 1.94. The van der Waals surface area contributed by atoms with Crippen LogP contribution in [0.1, 0.15) is 24.4 Å². The topological polar surface area (TPSA) is 64.7 Å².